The van der Waals surface area contributed by atoms with Gasteiger partial charge < -0.3 is 9.26 Å². The van der Waals surface area contributed by atoms with E-state index >= 15 is 0 Å². The molecule has 0 radical (unpaired) electrons. The van der Waals surface area contributed by atoms with E-state index in [9.17, 15) is 9.59 Å². The average Bonchev–Trinajstić information content (AvgIpc) is 3.24. The van der Waals surface area contributed by atoms with Crippen molar-refractivity contribution >= 4 is 51.1 Å². The Morgan fingerprint density at radius 3 is 2.70 bits per heavy atom. The summed E-state index contributed by atoms with van der Waals surface area (Å²) in [6, 6.07) is 13.1. The number of aromatic nitrogens is 1. The van der Waals surface area contributed by atoms with Crippen molar-refractivity contribution in [1.29, 1.82) is 0 Å². The number of nitrogens with one attached hydrogen (secondary N) is 1. The van der Waals surface area contributed by atoms with E-state index < -0.39 is 6.09 Å². The Morgan fingerprint density at radius 1 is 1.17 bits per heavy atom. The normalized spacial score (nSPS) is 15.2. The lowest BCUT2D eigenvalue weighted by Crippen LogP contribution is -2.38. The molecule has 0 atom stereocenters. The highest BCUT2D eigenvalue weighted by molar-refractivity contribution is 14.1. The first-order valence-electron chi connectivity index (χ1n) is 9.89. The number of amides is 1. The zero-order valence-corrected chi connectivity index (χ0v) is 18.5. The lowest BCUT2D eigenvalue weighted by Gasteiger charge is -2.31. The van der Waals surface area contributed by atoms with Gasteiger partial charge in [0.2, 0.25) is 0 Å². The quantitative estimate of drug-likeness (QED) is 0.380. The van der Waals surface area contributed by atoms with Crippen LogP contribution >= 0.6 is 22.6 Å². The molecule has 1 N–H and O–H groups in total. The highest BCUT2D eigenvalue weighted by atomic mass is 127. The number of fused-ring (bicyclic) bond motifs is 1. The van der Waals surface area contributed by atoms with Crippen LogP contribution in [0.4, 0.5) is 10.5 Å². The summed E-state index contributed by atoms with van der Waals surface area (Å²) >= 11 is 2.24. The van der Waals surface area contributed by atoms with Crippen molar-refractivity contribution in [1.82, 2.24) is 10.1 Å². The van der Waals surface area contributed by atoms with Gasteiger partial charge >= 0.3 is 6.09 Å². The molecule has 1 aliphatic rings. The minimum absolute atomic E-state index is 0.0644. The number of nitrogens with zero attached hydrogens (tertiary/aromatic N) is 2. The SMILES string of the molecule is O=C(Nc1cccc2oncc12)OCCN1CCC(C(=O)c2ccc(I)cc2)CC1. The minimum atomic E-state index is -0.507. The molecule has 0 bridgehead atoms. The molecule has 156 valence electrons. The van der Waals surface area contributed by atoms with E-state index in [1.54, 1.807) is 24.4 Å². The van der Waals surface area contributed by atoms with Gasteiger partial charge in [0.1, 0.15) is 6.61 Å². The maximum atomic E-state index is 12.7. The monoisotopic (exact) mass is 519 g/mol. The first-order valence-corrected chi connectivity index (χ1v) is 11.0. The van der Waals surface area contributed by atoms with Gasteiger partial charge in [0.05, 0.1) is 17.3 Å². The molecule has 0 saturated carbocycles. The van der Waals surface area contributed by atoms with Crippen LogP contribution in [0.2, 0.25) is 0 Å². The highest BCUT2D eigenvalue weighted by Gasteiger charge is 2.25. The van der Waals surface area contributed by atoms with Crippen LogP contribution in [0.15, 0.2) is 53.2 Å². The van der Waals surface area contributed by atoms with Gasteiger partial charge in [-0.15, -0.1) is 0 Å². The third kappa shape index (κ3) is 4.99. The fraction of sp³-hybridized carbons (Fsp3) is 0.318. The Bertz CT molecular complexity index is 1030. The number of hydrogen-bond donors (Lipinski definition) is 1. The third-order valence-electron chi connectivity index (χ3n) is 5.36. The molecule has 1 aromatic heterocycles. The van der Waals surface area contributed by atoms with Gasteiger partial charge in [0.15, 0.2) is 11.4 Å². The Balaban J connectivity index is 1.19. The molecular weight excluding hydrogens is 497 g/mol. The predicted octanol–water partition coefficient (Wildman–Crippen LogP) is 4.58. The number of likely N-dealkylation sites (tertiary alicyclic amines) is 1. The van der Waals surface area contributed by atoms with E-state index in [4.69, 9.17) is 9.26 Å². The molecule has 2 heterocycles. The molecule has 0 unspecified atom stereocenters. The summed E-state index contributed by atoms with van der Waals surface area (Å²) in [6.45, 7) is 2.59. The molecule has 1 fully saturated rings. The molecule has 1 saturated heterocycles. The Morgan fingerprint density at radius 2 is 1.93 bits per heavy atom. The summed E-state index contributed by atoms with van der Waals surface area (Å²) in [6.07, 6.45) is 2.71. The molecule has 30 heavy (non-hydrogen) atoms. The van der Waals surface area contributed by atoms with Crippen molar-refractivity contribution in [2.75, 3.05) is 31.6 Å². The molecule has 3 aromatic rings. The number of anilines is 1. The molecular formula is C22H22IN3O4. The van der Waals surface area contributed by atoms with Crippen molar-refractivity contribution in [2.24, 2.45) is 5.92 Å². The van der Waals surface area contributed by atoms with E-state index in [2.05, 4.69) is 38.0 Å². The second-order valence-electron chi connectivity index (χ2n) is 7.29. The zero-order valence-electron chi connectivity index (χ0n) is 16.3. The zero-order chi connectivity index (χ0) is 20.9. The van der Waals surface area contributed by atoms with Crippen molar-refractivity contribution in [3.8, 4) is 0 Å². The lowest BCUT2D eigenvalue weighted by atomic mass is 9.89. The molecule has 4 rings (SSSR count). The van der Waals surface area contributed by atoms with Gasteiger partial charge in [0, 0.05) is 21.6 Å². The number of Topliss-reactive ketones (excluding diaryl/α,β-unsaturated/α-hetero) is 1. The molecule has 0 aliphatic carbocycles. The maximum Gasteiger partial charge on any atom is 0.411 e. The number of carbonyl (C=O) groups excluding carboxylic acids is 2. The average molecular weight is 519 g/mol. The van der Waals surface area contributed by atoms with Crippen LogP contribution in [0, 0.1) is 9.49 Å². The number of ketones is 1. The summed E-state index contributed by atoms with van der Waals surface area (Å²) in [7, 11) is 0. The second-order valence-corrected chi connectivity index (χ2v) is 8.54. The van der Waals surface area contributed by atoms with Gasteiger partial charge in [-0.1, -0.05) is 23.4 Å². The molecule has 0 spiro atoms. The van der Waals surface area contributed by atoms with Crippen LogP contribution in [0.25, 0.3) is 11.0 Å². The fourth-order valence-corrected chi connectivity index (χ4v) is 4.04. The molecule has 8 heteroatoms. The van der Waals surface area contributed by atoms with Crippen LogP contribution in [0.3, 0.4) is 0 Å². The van der Waals surface area contributed by atoms with Crippen molar-refractivity contribution < 1.29 is 18.8 Å². The van der Waals surface area contributed by atoms with Crippen LogP contribution in [-0.2, 0) is 4.74 Å². The fourth-order valence-electron chi connectivity index (χ4n) is 3.68. The van der Waals surface area contributed by atoms with Crippen molar-refractivity contribution in [2.45, 2.75) is 12.8 Å². The molecule has 2 aromatic carbocycles. The van der Waals surface area contributed by atoms with Gasteiger partial charge in [-0.05, 0) is 72.8 Å². The Labute approximate surface area is 187 Å². The predicted molar refractivity (Wildman–Crippen MR) is 122 cm³/mol. The Kier molecular flexibility index (Phi) is 6.63. The second kappa shape index (κ2) is 9.57. The molecule has 1 aliphatic heterocycles. The standard InChI is InChI=1S/C22H22IN3O4/c23-17-6-4-15(5-7-17)21(27)16-8-10-26(11-9-16)12-13-29-22(28)25-19-2-1-3-20-18(19)14-24-30-20/h1-7,14,16H,8-13H2,(H,25,28). The van der Waals surface area contributed by atoms with E-state index in [0.29, 0.717) is 24.4 Å². The summed E-state index contributed by atoms with van der Waals surface area (Å²) in [5.41, 5.74) is 2.00. The van der Waals surface area contributed by atoms with Crippen LogP contribution in [0.5, 0.6) is 0 Å². The topological polar surface area (TPSA) is 84.7 Å². The van der Waals surface area contributed by atoms with E-state index in [0.717, 1.165) is 40.5 Å². The van der Waals surface area contributed by atoms with Crippen LogP contribution < -0.4 is 5.32 Å². The first kappa shape index (κ1) is 20.8. The minimum Gasteiger partial charge on any atom is -0.448 e. The summed E-state index contributed by atoms with van der Waals surface area (Å²) < 4.78 is 11.5. The van der Waals surface area contributed by atoms with Crippen LogP contribution in [0.1, 0.15) is 23.2 Å². The van der Waals surface area contributed by atoms with Crippen molar-refractivity contribution in [3.63, 3.8) is 0 Å². The van der Waals surface area contributed by atoms with E-state index in [-0.39, 0.29) is 11.7 Å². The maximum absolute atomic E-state index is 12.7. The van der Waals surface area contributed by atoms with E-state index in [1.165, 1.54) is 0 Å². The van der Waals surface area contributed by atoms with Gasteiger partial charge in [-0.25, -0.2) is 4.79 Å². The van der Waals surface area contributed by atoms with Gasteiger partial charge in [0.25, 0.3) is 0 Å². The highest BCUT2D eigenvalue weighted by Crippen LogP contribution is 2.24. The third-order valence-corrected chi connectivity index (χ3v) is 6.08. The largest absolute Gasteiger partial charge is 0.448 e. The number of piperidine rings is 1. The summed E-state index contributed by atoms with van der Waals surface area (Å²) in [5, 5.41) is 7.19. The number of hydrogen-bond acceptors (Lipinski definition) is 6. The molecule has 1 amide bonds. The number of benzene rings is 2. The Hall–Kier alpha value is -2.46. The number of halogens is 1. The number of ether oxygens (including phenoxy) is 1. The van der Waals surface area contributed by atoms with Crippen LogP contribution in [-0.4, -0.2) is 48.2 Å². The number of rotatable bonds is 6. The van der Waals surface area contributed by atoms with Gasteiger partial charge in [-0.2, -0.15) is 0 Å². The lowest BCUT2D eigenvalue weighted by molar-refractivity contribution is 0.0813. The summed E-state index contributed by atoms with van der Waals surface area (Å²) in [5.74, 6) is 0.291. The number of carbonyl (C=O) groups is 2. The van der Waals surface area contributed by atoms with Crippen molar-refractivity contribution in [3.05, 3.63) is 57.8 Å². The smallest absolute Gasteiger partial charge is 0.411 e. The molecule has 7 nitrogen and oxygen atoms in total. The first-order chi connectivity index (χ1) is 14.6. The summed E-state index contributed by atoms with van der Waals surface area (Å²) in [4.78, 5) is 27.0. The van der Waals surface area contributed by atoms with E-state index in [1.807, 2.05) is 24.3 Å². The van der Waals surface area contributed by atoms with Gasteiger partial charge in [-0.3, -0.25) is 15.0 Å².